The fourth-order valence-corrected chi connectivity index (χ4v) is 4.01. The van der Waals surface area contributed by atoms with Gasteiger partial charge in [-0.25, -0.2) is 0 Å². The number of ether oxygens (including phenoxy) is 1. The number of thiocarbonyl (C=S) groups is 1. The molecule has 3 rings (SSSR count). The average Bonchev–Trinajstić information content (AvgIpc) is 3.52. The number of allylic oxidation sites excluding steroid dienone is 1. The summed E-state index contributed by atoms with van der Waals surface area (Å²) in [5.74, 6) is 0.665. The minimum absolute atomic E-state index is 0.00612. The molecule has 1 atom stereocenters. The fraction of sp³-hybridized carbons (Fsp3) is 0.476. The normalized spacial score (nSPS) is 19.1. The predicted octanol–water partition coefficient (Wildman–Crippen LogP) is 3.12. The number of nitriles is 1. The SMILES string of the molecule is CCN(CC)C(=O)C1=C(C)N(C2CC2)C(=S)N[C@H]1c1ccc(OCC#N)cc1. The van der Waals surface area contributed by atoms with Gasteiger partial charge in [0.05, 0.1) is 11.6 Å². The molecule has 0 spiro atoms. The molecule has 0 radical (unpaired) electrons. The molecule has 1 N–H and O–H groups in total. The van der Waals surface area contributed by atoms with Gasteiger partial charge in [0.25, 0.3) is 5.91 Å². The van der Waals surface area contributed by atoms with Crippen LogP contribution in [0.1, 0.15) is 45.2 Å². The Morgan fingerprint density at radius 1 is 1.32 bits per heavy atom. The topological polar surface area (TPSA) is 68.6 Å². The summed E-state index contributed by atoms with van der Waals surface area (Å²) in [5.41, 5.74) is 2.63. The molecular formula is C21H26N4O2S. The van der Waals surface area contributed by atoms with Gasteiger partial charge >= 0.3 is 0 Å². The molecule has 2 aliphatic rings. The Hall–Kier alpha value is -2.59. The number of likely N-dealkylation sites (N-methyl/N-ethyl adjacent to an activating group) is 1. The molecule has 1 heterocycles. The monoisotopic (exact) mass is 398 g/mol. The van der Waals surface area contributed by atoms with E-state index in [1.807, 2.05) is 56.0 Å². The Bertz CT molecular complexity index is 820. The Balaban J connectivity index is 1.99. The van der Waals surface area contributed by atoms with E-state index in [-0.39, 0.29) is 18.6 Å². The third-order valence-electron chi connectivity index (χ3n) is 5.24. The van der Waals surface area contributed by atoms with Crippen LogP contribution >= 0.6 is 12.2 Å². The molecule has 1 aliphatic heterocycles. The summed E-state index contributed by atoms with van der Waals surface area (Å²) in [6, 6.07) is 9.52. The van der Waals surface area contributed by atoms with Crippen LogP contribution in [0.2, 0.25) is 0 Å². The van der Waals surface area contributed by atoms with Gasteiger partial charge in [0.15, 0.2) is 11.7 Å². The molecule has 1 amide bonds. The summed E-state index contributed by atoms with van der Waals surface area (Å²) in [4.78, 5) is 17.3. The molecule has 1 fully saturated rings. The van der Waals surface area contributed by atoms with Crippen LogP contribution in [0.3, 0.4) is 0 Å². The van der Waals surface area contributed by atoms with Gasteiger partial charge in [-0.15, -0.1) is 0 Å². The highest BCUT2D eigenvalue weighted by Gasteiger charge is 2.41. The van der Waals surface area contributed by atoms with Crippen LogP contribution in [0.15, 0.2) is 35.5 Å². The van der Waals surface area contributed by atoms with Gasteiger partial charge in [0, 0.05) is 24.8 Å². The first-order valence-electron chi connectivity index (χ1n) is 9.71. The molecule has 1 aromatic carbocycles. The van der Waals surface area contributed by atoms with Crippen molar-refractivity contribution in [1.29, 1.82) is 5.26 Å². The van der Waals surface area contributed by atoms with Crippen LogP contribution < -0.4 is 10.1 Å². The zero-order valence-electron chi connectivity index (χ0n) is 16.6. The van der Waals surface area contributed by atoms with Crippen molar-refractivity contribution in [2.75, 3.05) is 19.7 Å². The molecule has 6 nitrogen and oxygen atoms in total. The molecule has 0 aromatic heterocycles. The van der Waals surface area contributed by atoms with E-state index in [1.54, 1.807) is 0 Å². The lowest BCUT2D eigenvalue weighted by Crippen LogP contribution is -2.50. The van der Waals surface area contributed by atoms with Crippen molar-refractivity contribution >= 4 is 23.2 Å². The van der Waals surface area contributed by atoms with E-state index in [0.29, 0.717) is 30.0 Å². The van der Waals surface area contributed by atoms with Crippen molar-refractivity contribution in [2.24, 2.45) is 0 Å². The number of benzene rings is 1. The molecule has 0 unspecified atom stereocenters. The van der Waals surface area contributed by atoms with Crippen molar-refractivity contribution in [3.05, 3.63) is 41.1 Å². The van der Waals surface area contributed by atoms with E-state index in [2.05, 4.69) is 10.2 Å². The molecule has 7 heteroatoms. The molecule has 0 saturated heterocycles. The highest BCUT2D eigenvalue weighted by molar-refractivity contribution is 7.80. The number of hydrogen-bond acceptors (Lipinski definition) is 4. The number of amides is 1. The highest BCUT2D eigenvalue weighted by Crippen LogP contribution is 2.38. The van der Waals surface area contributed by atoms with Crippen molar-refractivity contribution in [2.45, 2.75) is 45.7 Å². The van der Waals surface area contributed by atoms with Gasteiger partial charge in [0.1, 0.15) is 11.8 Å². The van der Waals surface area contributed by atoms with Gasteiger partial charge in [-0.1, -0.05) is 12.1 Å². The Labute approximate surface area is 171 Å². The summed E-state index contributed by atoms with van der Waals surface area (Å²) in [7, 11) is 0. The molecular weight excluding hydrogens is 372 g/mol. The lowest BCUT2D eigenvalue weighted by atomic mass is 9.93. The van der Waals surface area contributed by atoms with Gasteiger partial charge < -0.3 is 19.9 Å². The van der Waals surface area contributed by atoms with Crippen LogP contribution in [0, 0.1) is 11.3 Å². The first-order valence-corrected chi connectivity index (χ1v) is 10.1. The van der Waals surface area contributed by atoms with Gasteiger partial charge in [0.2, 0.25) is 0 Å². The van der Waals surface area contributed by atoms with Crippen LogP contribution in [0.5, 0.6) is 5.75 Å². The third kappa shape index (κ3) is 3.97. The first kappa shape index (κ1) is 20.2. The van der Waals surface area contributed by atoms with E-state index < -0.39 is 0 Å². The third-order valence-corrected chi connectivity index (χ3v) is 5.55. The van der Waals surface area contributed by atoms with E-state index in [1.165, 1.54) is 0 Å². The molecule has 1 aromatic rings. The number of carbonyl (C=O) groups excluding carboxylic acids is 1. The Morgan fingerprint density at radius 3 is 2.50 bits per heavy atom. The fourth-order valence-electron chi connectivity index (χ4n) is 3.61. The van der Waals surface area contributed by atoms with Crippen molar-refractivity contribution in [3.8, 4) is 11.8 Å². The standard InChI is InChI=1S/C21H26N4O2S/c1-4-24(5-2)20(26)18-14(3)25(16-8-9-16)21(28)23-19(18)15-6-10-17(11-7-15)27-13-12-22/h6-7,10-11,16,19H,4-5,8-9,13H2,1-3H3,(H,23,28)/t19-/m0/s1. The minimum atomic E-state index is -0.305. The van der Waals surface area contributed by atoms with E-state index in [4.69, 9.17) is 22.2 Å². The van der Waals surface area contributed by atoms with Gasteiger partial charge in [-0.3, -0.25) is 4.79 Å². The first-order chi connectivity index (χ1) is 13.5. The van der Waals surface area contributed by atoms with E-state index in [9.17, 15) is 4.79 Å². The smallest absolute Gasteiger partial charge is 0.253 e. The lowest BCUT2D eigenvalue weighted by molar-refractivity contribution is -0.127. The maximum Gasteiger partial charge on any atom is 0.253 e. The van der Waals surface area contributed by atoms with E-state index >= 15 is 0 Å². The van der Waals surface area contributed by atoms with Crippen molar-refractivity contribution in [1.82, 2.24) is 15.1 Å². The largest absolute Gasteiger partial charge is 0.479 e. The number of nitrogens with zero attached hydrogens (tertiary/aromatic N) is 3. The predicted molar refractivity (Wildman–Crippen MR) is 112 cm³/mol. The van der Waals surface area contributed by atoms with Crippen molar-refractivity contribution < 1.29 is 9.53 Å². The minimum Gasteiger partial charge on any atom is -0.479 e. The number of nitrogens with one attached hydrogen (secondary N) is 1. The zero-order chi connectivity index (χ0) is 20.3. The Kier molecular flexibility index (Phi) is 6.20. The van der Waals surface area contributed by atoms with Crippen molar-refractivity contribution in [3.63, 3.8) is 0 Å². The van der Waals surface area contributed by atoms with E-state index in [0.717, 1.165) is 29.7 Å². The molecule has 1 aliphatic carbocycles. The Morgan fingerprint density at radius 2 is 1.96 bits per heavy atom. The highest BCUT2D eigenvalue weighted by atomic mass is 32.1. The summed E-state index contributed by atoms with van der Waals surface area (Å²) in [6.45, 7) is 7.31. The van der Waals surface area contributed by atoms with Crippen LogP contribution in [-0.4, -0.2) is 46.6 Å². The second kappa shape index (κ2) is 8.61. The second-order valence-electron chi connectivity index (χ2n) is 6.98. The van der Waals surface area contributed by atoms with Gasteiger partial charge in [-0.05, 0) is 63.5 Å². The quantitative estimate of drug-likeness (QED) is 0.712. The lowest BCUT2D eigenvalue weighted by Gasteiger charge is -2.39. The maximum absolute atomic E-state index is 13.4. The summed E-state index contributed by atoms with van der Waals surface area (Å²) < 4.78 is 5.34. The van der Waals surface area contributed by atoms with Crippen LogP contribution in [0.25, 0.3) is 0 Å². The molecule has 28 heavy (non-hydrogen) atoms. The maximum atomic E-state index is 13.4. The second-order valence-corrected chi connectivity index (χ2v) is 7.36. The summed E-state index contributed by atoms with van der Waals surface area (Å²) >= 11 is 5.64. The molecule has 1 saturated carbocycles. The molecule has 148 valence electrons. The number of rotatable bonds is 7. The average molecular weight is 399 g/mol. The zero-order valence-corrected chi connectivity index (χ0v) is 17.4. The molecule has 0 bridgehead atoms. The summed E-state index contributed by atoms with van der Waals surface area (Å²) in [6.07, 6.45) is 2.20. The van der Waals surface area contributed by atoms with Crippen LogP contribution in [-0.2, 0) is 4.79 Å². The van der Waals surface area contributed by atoms with Gasteiger partial charge in [-0.2, -0.15) is 5.26 Å². The van der Waals surface area contributed by atoms with Crippen LogP contribution in [0.4, 0.5) is 0 Å². The number of hydrogen-bond donors (Lipinski definition) is 1. The number of carbonyl (C=O) groups is 1. The summed E-state index contributed by atoms with van der Waals surface area (Å²) in [5, 5.41) is 12.7.